The number of para-hydroxylation sites is 1. The zero-order chi connectivity index (χ0) is 30.0. The molecular formula is C28H41N5O7. The molecule has 8 N–H and O–H groups in total. The number of H-pyrrole nitrogens is 1. The lowest BCUT2D eigenvalue weighted by Gasteiger charge is -2.28. The molecule has 0 aliphatic rings. The number of carbonyl (C=O) groups is 5. The molecular weight excluding hydrogens is 518 g/mol. The lowest BCUT2D eigenvalue weighted by Crippen LogP contribution is -2.59. The van der Waals surface area contributed by atoms with Crippen LogP contribution in [0.4, 0.5) is 0 Å². The molecule has 1 aromatic carbocycles. The van der Waals surface area contributed by atoms with E-state index in [1.54, 1.807) is 13.1 Å². The molecule has 0 aliphatic carbocycles. The number of rotatable bonds is 16. The van der Waals surface area contributed by atoms with Crippen molar-refractivity contribution in [2.24, 2.45) is 17.6 Å². The average Bonchev–Trinajstić information content (AvgIpc) is 3.30. The van der Waals surface area contributed by atoms with Crippen LogP contribution in [0, 0.1) is 11.8 Å². The number of nitrogens with one attached hydrogen (secondary N) is 4. The fourth-order valence-electron chi connectivity index (χ4n) is 4.37. The number of aromatic nitrogens is 1. The summed E-state index contributed by atoms with van der Waals surface area (Å²) in [7, 11) is 0. The number of aliphatic carboxylic acids is 2. The number of carboxylic acids is 2. The molecule has 0 saturated heterocycles. The van der Waals surface area contributed by atoms with Crippen LogP contribution >= 0.6 is 0 Å². The van der Waals surface area contributed by atoms with E-state index in [2.05, 4.69) is 20.9 Å². The van der Waals surface area contributed by atoms with Crippen molar-refractivity contribution in [3.63, 3.8) is 0 Å². The molecule has 1 heterocycles. The number of amides is 3. The molecule has 5 unspecified atom stereocenters. The molecule has 12 nitrogen and oxygen atoms in total. The third kappa shape index (κ3) is 9.37. The second kappa shape index (κ2) is 15.0. The fraction of sp³-hybridized carbons (Fsp3) is 0.536. The summed E-state index contributed by atoms with van der Waals surface area (Å²) in [6.45, 7) is 7.32. The van der Waals surface area contributed by atoms with E-state index in [1.165, 1.54) is 0 Å². The summed E-state index contributed by atoms with van der Waals surface area (Å²) < 4.78 is 0. The molecule has 1 aromatic heterocycles. The van der Waals surface area contributed by atoms with Crippen LogP contribution < -0.4 is 21.7 Å². The van der Waals surface area contributed by atoms with Crippen LogP contribution in [0.15, 0.2) is 30.5 Å². The number of fused-ring (bicyclic) bond motifs is 1. The number of carboxylic acid groups (broad SMARTS) is 2. The van der Waals surface area contributed by atoms with E-state index >= 15 is 0 Å². The molecule has 2 rings (SSSR count). The van der Waals surface area contributed by atoms with E-state index in [0.717, 1.165) is 10.9 Å². The minimum Gasteiger partial charge on any atom is -0.481 e. The van der Waals surface area contributed by atoms with Gasteiger partial charge in [-0.15, -0.1) is 0 Å². The van der Waals surface area contributed by atoms with Crippen molar-refractivity contribution in [2.45, 2.75) is 84.0 Å². The Balaban J connectivity index is 2.20. The molecule has 0 bridgehead atoms. The number of hydrogen-bond acceptors (Lipinski definition) is 6. The summed E-state index contributed by atoms with van der Waals surface area (Å²) in [5.74, 6) is -4.73. The Kier molecular flexibility index (Phi) is 12.1. The summed E-state index contributed by atoms with van der Waals surface area (Å²) >= 11 is 0. The summed E-state index contributed by atoms with van der Waals surface area (Å²) in [5.41, 5.74) is 7.48. The molecule has 3 amide bonds. The quantitative estimate of drug-likeness (QED) is 0.160. The van der Waals surface area contributed by atoms with Gasteiger partial charge in [-0.05, 0) is 36.3 Å². The Bertz CT molecular complexity index is 1190. The Hall–Kier alpha value is -3.93. The number of benzene rings is 1. The maximum Gasteiger partial charge on any atom is 0.326 e. The van der Waals surface area contributed by atoms with Gasteiger partial charge in [0.15, 0.2) is 0 Å². The second-order valence-corrected chi connectivity index (χ2v) is 10.6. The van der Waals surface area contributed by atoms with Gasteiger partial charge in [0.25, 0.3) is 0 Å². The largest absolute Gasteiger partial charge is 0.481 e. The topological polar surface area (TPSA) is 204 Å². The van der Waals surface area contributed by atoms with Crippen LogP contribution in [0.25, 0.3) is 10.9 Å². The van der Waals surface area contributed by atoms with Gasteiger partial charge >= 0.3 is 11.9 Å². The van der Waals surface area contributed by atoms with E-state index in [-0.39, 0.29) is 18.8 Å². The van der Waals surface area contributed by atoms with Gasteiger partial charge in [0.05, 0.1) is 6.04 Å². The van der Waals surface area contributed by atoms with Gasteiger partial charge in [-0.3, -0.25) is 19.2 Å². The van der Waals surface area contributed by atoms with E-state index in [1.807, 2.05) is 45.0 Å². The minimum atomic E-state index is -1.27. The van der Waals surface area contributed by atoms with Crippen molar-refractivity contribution in [1.82, 2.24) is 20.9 Å². The average molecular weight is 560 g/mol. The number of carbonyl (C=O) groups excluding carboxylic acids is 3. The minimum absolute atomic E-state index is 0.0112. The van der Waals surface area contributed by atoms with Crippen molar-refractivity contribution in [3.05, 3.63) is 36.0 Å². The Morgan fingerprint density at radius 1 is 0.925 bits per heavy atom. The Morgan fingerprint density at radius 3 is 2.17 bits per heavy atom. The zero-order valence-electron chi connectivity index (χ0n) is 23.4. The molecule has 0 spiro atoms. The monoisotopic (exact) mass is 559 g/mol. The van der Waals surface area contributed by atoms with E-state index in [9.17, 15) is 29.1 Å². The normalized spacial score (nSPS) is 15.1. The van der Waals surface area contributed by atoms with Crippen LogP contribution in [0.2, 0.25) is 0 Å². The van der Waals surface area contributed by atoms with Gasteiger partial charge in [-0.1, -0.05) is 52.3 Å². The SMILES string of the molecule is CCC(C)C(NC(=O)C(CCC(=O)O)NC(=O)C(N)CC(C)C)C(=O)NC(Cc1c[nH]c2ccccc12)C(=O)O. The molecule has 0 aliphatic heterocycles. The smallest absolute Gasteiger partial charge is 0.326 e. The van der Waals surface area contributed by atoms with Crippen LogP contribution in [0.5, 0.6) is 0 Å². The zero-order valence-corrected chi connectivity index (χ0v) is 23.4. The van der Waals surface area contributed by atoms with Crippen LogP contribution in [-0.4, -0.2) is 69.0 Å². The molecule has 0 radical (unpaired) electrons. The van der Waals surface area contributed by atoms with Gasteiger partial charge in [0, 0.05) is 29.9 Å². The highest BCUT2D eigenvalue weighted by atomic mass is 16.4. The Labute approximate surface area is 233 Å². The van der Waals surface area contributed by atoms with E-state index in [4.69, 9.17) is 10.8 Å². The fourth-order valence-corrected chi connectivity index (χ4v) is 4.37. The van der Waals surface area contributed by atoms with Gasteiger partial charge < -0.3 is 36.9 Å². The molecule has 12 heteroatoms. The predicted molar refractivity (Wildman–Crippen MR) is 149 cm³/mol. The second-order valence-electron chi connectivity index (χ2n) is 10.6. The summed E-state index contributed by atoms with van der Waals surface area (Å²) in [5, 5.41) is 27.5. The first-order valence-electron chi connectivity index (χ1n) is 13.5. The lowest BCUT2D eigenvalue weighted by molar-refractivity contribution is -0.142. The standard InChI is InChI=1S/C28H41N5O7/c1-5-16(4)24(33-26(37)21(10-11-23(34)35)31-25(36)19(29)12-15(2)3)27(38)32-22(28(39)40)13-17-14-30-20-9-7-6-8-18(17)20/h6-9,14-16,19,21-22,24,30H,5,10-13,29H2,1-4H3,(H,31,36)(H,32,38)(H,33,37)(H,34,35)(H,39,40). The first-order chi connectivity index (χ1) is 18.8. The maximum atomic E-state index is 13.3. The van der Waals surface area contributed by atoms with Crippen molar-refractivity contribution in [2.75, 3.05) is 0 Å². The maximum absolute atomic E-state index is 13.3. The predicted octanol–water partition coefficient (Wildman–Crippen LogP) is 1.53. The number of aromatic amines is 1. The van der Waals surface area contributed by atoms with Gasteiger partial charge in [-0.2, -0.15) is 0 Å². The van der Waals surface area contributed by atoms with Crippen LogP contribution in [0.3, 0.4) is 0 Å². The van der Waals surface area contributed by atoms with E-state index < -0.39 is 66.2 Å². The van der Waals surface area contributed by atoms with Gasteiger partial charge in [0.2, 0.25) is 17.7 Å². The lowest BCUT2D eigenvalue weighted by atomic mass is 9.96. The molecule has 0 fully saturated rings. The summed E-state index contributed by atoms with van der Waals surface area (Å²) in [6, 6.07) is 2.85. The van der Waals surface area contributed by atoms with Gasteiger partial charge in [0.1, 0.15) is 18.1 Å². The highest BCUT2D eigenvalue weighted by Crippen LogP contribution is 2.19. The van der Waals surface area contributed by atoms with Crippen molar-refractivity contribution >= 4 is 40.6 Å². The third-order valence-electron chi connectivity index (χ3n) is 6.85. The first-order valence-corrected chi connectivity index (χ1v) is 13.5. The van der Waals surface area contributed by atoms with Crippen molar-refractivity contribution in [3.8, 4) is 0 Å². The van der Waals surface area contributed by atoms with Crippen LogP contribution in [0.1, 0.15) is 58.9 Å². The number of hydrogen-bond donors (Lipinski definition) is 7. The highest BCUT2D eigenvalue weighted by Gasteiger charge is 2.33. The number of nitrogens with two attached hydrogens (primary N) is 1. The van der Waals surface area contributed by atoms with E-state index in [0.29, 0.717) is 18.4 Å². The third-order valence-corrected chi connectivity index (χ3v) is 6.85. The molecule has 2 aromatic rings. The molecule has 5 atom stereocenters. The van der Waals surface area contributed by atoms with Crippen molar-refractivity contribution < 1.29 is 34.2 Å². The van der Waals surface area contributed by atoms with Crippen LogP contribution in [-0.2, 0) is 30.4 Å². The molecule has 40 heavy (non-hydrogen) atoms. The molecule has 0 saturated carbocycles. The highest BCUT2D eigenvalue weighted by molar-refractivity contribution is 5.94. The molecule has 220 valence electrons. The Morgan fingerprint density at radius 2 is 1.57 bits per heavy atom. The van der Waals surface area contributed by atoms with Gasteiger partial charge in [-0.25, -0.2) is 4.79 Å². The summed E-state index contributed by atoms with van der Waals surface area (Å²) in [4.78, 5) is 65.5. The first kappa shape index (κ1) is 32.3. The van der Waals surface area contributed by atoms with Crippen molar-refractivity contribution in [1.29, 1.82) is 0 Å². The summed E-state index contributed by atoms with van der Waals surface area (Å²) in [6.07, 6.45) is 1.93.